The van der Waals surface area contributed by atoms with Crippen LogP contribution in [0.5, 0.6) is 0 Å². The minimum Gasteiger partial charge on any atom is -0.368 e. The summed E-state index contributed by atoms with van der Waals surface area (Å²) in [5.41, 5.74) is 2.07. The van der Waals surface area contributed by atoms with E-state index in [1.807, 2.05) is 18.2 Å². The minimum absolute atomic E-state index is 0.102. The summed E-state index contributed by atoms with van der Waals surface area (Å²) in [6, 6.07) is 10.3. The summed E-state index contributed by atoms with van der Waals surface area (Å²) in [6.07, 6.45) is 0.296. The second-order valence-electron chi connectivity index (χ2n) is 5.03. The van der Waals surface area contributed by atoms with Crippen molar-refractivity contribution in [1.82, 2.24) is 14.5 Å². The standard InChI is InChI=1S/C14H16ClN3OS/c1-10-7-18(8-12-14(15)20-17-16-12)9-13(19-10)11-5-3-2-4-6-11/h2-6,10,13H,7-9H2,1H3/t10-,13-/m0/s1. The van der Waals surface area contributed by atoms with Crippen molar-refractivity contribution in [2.45, 2.75) is 25.7 Å². The number of ether oxygens (including phenoxy) is 1. The average Bonchev–Trinajstić information content (AvgIpc) is 2.85. The van der Waals surface area contributed by atoms with Crippen molar-refractivity contribution in [2.24, 2.45) is 0 Å². The van der Waals surface area contributed by atoms with Crippen molar-refractivity contribution in [3.05, 3.63) is 45.9 Å². The summed E-state index contributed by atoms with van der Waals surface area (Å²) in [5, 5.41) is 4.09. The summed E-state index contributed by atoms with van der Waals surface area (Å²) in [5.74, 6) is 0. The molecule has 2 atom stereocenters. The third-order valence-corrected chi connectivity index (χ3v) is 4.37. The highest BCUT2D eigenvalue weighted by Gasteiger charge is 2.27. The van der Waals surface area contributed by atoms with Gasteiger partial charge in [-0.2, -0.15) is 0 Å². The van der Waals surface area contributed by atoms with Crippen molar-refractivity contribution >= 4 is 23.1 Å². The molecule has 4 nitrogen and oxygen atoms in total. The van der Waals surface area contributed by atoms with Gasteiger partial charge in [-0.3, -0.25) is 4.90 Å². The molecule has 0 unspecified atom stereocenters. The van der Waals surface area contributed by atoms with Crippen LogP contribution in [0.25, 0.3) is 0 Å². The molecule has 0 spiro atoms. The first-order valence-corrected chi connectivity index (χ1v) is 7.77. The number of morpholine rings is 1. The second-order valence-corrected chi connectivity index (χ2v) is 6.39. The lowest BCUT2D eigenvalue weighted by Crippen LogP contribution is -2.42. The van der Waals surface area contributed by atoms with E-state index >= 15 is 0 Å². The SMILES string of the molecule is C[C@H]1CN(Cc2nnsc2Cl)C[C@@H](c2ccccc2)O1. The lowest BCUT2D eigenvalue weighted by Gasteiger charge is -2.36. The van der Waals surface area contributed by atoms with Gasteiger partial charge in [-0.1, -0.05) is 46.4 Å². The lowest BCUT2D eigenvalue weighted by atomic mass is 10.1. The molecule has 1 saturated heterocycles. The Morgan fingerprint density at radius 2 is 2.15 bits per heavy atom. The molecule has 1 fully saturated rings. The molecule has 0 amide bonds. The van der Waals surface area contributed by atoms with E-state index in [0.29, 0.717) is 4.34 Å². The molecule has 1 aliphatic rings. The van der Waals surface area contributed by atoms with E-state index in [1.54, 1.807) is 0 Å². The van der Waals surface area contributed by atoms with Gasteiger partial charge in [0, 0.05) is 31.2 Å². The van der Waals surface area contributed by atoms with Crippen LogP contribution in [0.2, 0.25) is 4.34 Å². The summed E-state index contributed by atoms with van der Waals surface area (Å²) in [7, 11) is 0. The van der Waals surface area contributed by atoms with E-state index in [2.05, 4.69) is 33.5 Å². The number of rotatable bonds is 3. The van der Waals surface area contributed by atoms with Crippen LogP contribution in [0, 0.1) is 0 Å². The smallest absolute Gasteiger partial charge is 0.138 e. The van der Waals surface area contributed by atoms with Crippen molar-refractivity contribution in [3.8, 4) is 0 Å². The summed E-state index contributed by atoms with van der Waals surface area (Å²) in [6.45, 7) is 4.56. The zero-order valence-corrected chi connectivity index (χ0v) is 12.8. The molecule has 0 N–H and O–H groups in total. The van der Waals surface area contributed by atoms with Crippen LogP contribution >= 0.6 is 23.1 Å². The van der Waals surface area contributed by atoms with Crippen LogP contribution < -0.4 is 0 Å². The van der Waals surface area contributed by atoms with Gasteiger partial charge in [-0.25, -0.2) is 0 Å². The minimum atomic E-state index is 0.102. The normalized spacial score (nSPS) is 23.9. The topological polar surface area (TPSA) is 38.2 Å². The molecule has 0 radical (unpaired) electrons. The van der Waals surface area contributed by atoms with Gasteiger partial charge >= 0.3 is 0 Å². The van der Waals surface area contributed by atoms with Gasteiger partial charge < -0.3 is 4.74 Å². The number of halogens is 1. The monoisotopic (exact) mass is 309 g/mol. The van der Waals surface area contributed by atoms with Crippen molar-refractivity contribution in [2.75, 3.05) is 13.1 Å². The zero-order valence-electron chi connectivity index (χ0n) is 11.2. The van der Waals surface area contributed by atoms with Gasteiger partial charge in [-0.15, -0.1) is 5.10 Å². The molecule has 1 aliphatic heterocycles. The quantitative estimate of drug-likeness (QED) is 0.873. The maximum absolute atomic E-state index is 6.08. The second kappa shape index (κ2) is 6.18. The number of hydrogen-bond acceptors (Lipinski definition) is 5. The van der Waals surface area contributed by atoms with Crippen LogP contribution in [-0.4, -0.2) is 33.7 Å². The van der Waals surface area contributed by atoms with Gasteiger partial charge in [0.05, 0.1) is 12.2 Å². The highest BCUT2D eigenvalue weighted by molar-refractivity contribution is 7.10. The molecule has 1 aromatic heterocycles. The maximum Gasteiger partial charge on any atom is 0.138 e. The molecule has 3 rings (SSSR count). The highest BCUT2D eigenvalue weighted by Crippen LogP contribution is 2.27. The molecule has 0 saturated carbocycles. The van der Waals surface area contributed by atoms with E-state index < -0.39 is 0 Å². The fourth-order valence-electron chi connectivity index (χ4n) is 2.52. The Morgan fingerprint density at radius 3 is 2.85 bits per heavy atom. The predicted molar refractivity (Wildman–Crippen MR) is 79.9 cm³/mol. The first kappa shape index (κ1) is 13.9. The van der Waals surface area contributed by atoms with Gasteiger partial charge in [0.25, 0.3) is 0 Å². The Morgan fingerprint density at radius 1 is 1.35 bits per heavy atom. The van der Waals surface area contributed by atoms with Gasteiger partial charge in [0.2, 0.25) is 0 Å². The van der Waals surface area contributed by atoms with Crippen LogP contribution in [0.4, 0.5) is 0 Å². The number of aromatic nitrogens is 2. The largest absolute Gasteiger partial charge is 0.368 e. The zero-order chi connectivity index (χ0) is 13.9. The average molecular weight is 310 g/mol. The van der Waals surface area contributed by atoms with Crippen LogP contribution in [0.1, 0.15) is 24.3 Å². The van der Waals surface area contributed by atoms with Gasteiger partial charge in [0.1, 0.15) is 10.0 Å². The Bertz CT molecular complexity index is 563. The summed E-state index contributed by atoms with van der Waals surface area (Å²) >= 11 is 7.32. The third-order valence-electron chi connectivity index (χ3n) is 3.39. The number of benzene rings is 1. The summed E-state index contributed by atoms with van der Waals surface area (Å²) in [4.78, 5) is 2.33. The highest BCUT2D eigenvalue weighted by atomic mass is 35.5. The Kier molecular flexibility index (Phi) is 4.31. The Hall–Kier alpha value is -1.01. The van der Waals surface area contributed by atoms with Crippen molar-refractivity contribution in [3.63, 3.8) is 0 Å². The first-order chi connectivity index (χ1) is 9.72. The number of hydrogen-bond donors (Lipinski definition) is 0. The predicted octanol–water partition coefficient (Wildman–Crippen LogP) is 3.15. The van der Waals surface area contributed by atoms with E-state index in [1.165, 1.54) is 17.1 Å². The molecule has 106 valence electrons. The molecule has 0 aliphatic carbocycles. The van der Waals surface area contributed by atoms with Gasteiger partial charge in [0.15, 0.2) is 0 Å². The third kappa shape index (κ3) is 3.17. The fraction of sp³-hybridized carbons (Fsp3) is 0.429. The van der Waals surface area contributed by atoms with E-state index in [0.717, 1.165) is 25.3 Å². The molecular weight excluding hydrogens is 294 g/mol. The van der Waals surface area contributed by atoms with E-state index in [9.17, 15) is 0 Å². The van der Waals surface area contributed by atoms with Gasteiger partial charge in [-0.05, 0) is 12.5 Å². The molecule has 0 bridgehead atoms. The molecule has 6 heteroatoms. The van der Waals surface area contributed by atoms with E-state index in [-0.39, 0.29) is 12.2 Å². The lowest BCUT2D eigenvalue weighted by molar-refractivity contribution is -0.0816. The van der Waals surface area contributed by atoms with Crippen LogP contribution in [0.3, 0.4) is 0 Å². The molecule has 2 aromatic rings. The molecule has 1 aromatic carbocycles. The van der Waals surface area contributed by atoms with Crippen molar-refractivity contribution in [1.29, 1.82) is 0 Å². The van der Waals surface area contributed by atoms with Crippen LogP contribution in [-0.2, 0) is 11.3 Å². The fourth-order valence-corrected chi connectivity index (χ4v) is 3.13. The Balaban J connectivity index is 1.72. The van der Waals surface area contributed by atoms with E-state index in [4.69, 9.17) is 16.3 Å². The Labute approximate surface area is 127 Å². The maximum atomic E-state index is 6.08. The van der Waals surface area contributed by atoms with Crippen LogP contribution in [0.15, 0.2) is 30.3 Å². The number of nitrogens with zero attached hydrogens (tertiary/aromatic N) is 3. The van der Waals surface area contributed by atoms with Crippen molar-refractivity contribution < 1.29 is 4.74 Å². The molecule has 20 heavy (non-hydrogen) atoms. The molecule has 2 heterocycles. The first-order valence-electron chi connectivity index (χ1n) is 6.62. The summed E-state index contributed by atoms with van der Waals surface area (Å²) < 4.78 is 10.6. The molecular formula is C14H16ClN3OS.